The maximum Gasteiger partial charge on any atom is 0.336 e. The number of ether oxygens (including phenoxy) is 2. The summed E-state index contributed by atoms with van der Waals surface area (Å²) in [6.45, 7) is 0. The van der Waals surface area contributed by atoms with Crippen molar-refractivity contribution >= 4 is 5.97 Å². The van der Waals surface area contributed by atoms with Gasteiger partial charge in [-0.15, -0.1) is 0 Å². The van der Waals surface area contributed by atoms with Crippen LogP contribution in [0.1, 0.15) is 10.4 Å². The predicted molar refractivity (Wildman–Crippen MR) is 71.9 cm³/mol. The summed E-state index contributed by atoms with van der Waals surface area (Å²) in [4.78, 5) is 11.3. The standard InChI is InChI=1S/C15H13FO4/c1-19-13-5-3-4-11(14(13)20-2)10-7-6-9(16)8-12(10)15(17)18/h3-8H,1-2H3,(H,17,18). The molecule has 1 N–H and O–H groups in total. The number of benzene rings is 2. The SMILES string of the molecule is COc1cccc(-c2ccc(F)cc2C(=O)O)c1OC. The molecule has 0 fully saturated rings. The molecule has 0 bridgehead atoms. The number of aromatic carboxylic acids is 1. The van der Waals surface area contributed by atoms with Crippen molar-refractivity contribution in [2.75, 3.05) is 14.2 Å². The maximum absolute atomic E-state index is 13.2. The number of rotatable bonds is 4. The van der Waals surface area contributed by atoms with Gasteiger partial charge < -0.3 is 14.6 Å². The Labute approximate surface area is 115 Å². The number of carboxylic acids is 1. The van der Waals surface area contributed by atoms with Crippen LogP contribution in [0.2, 0.25) is 0 Å². The molecule has 0 amide bonds. The van der Waals surface area contributed by atoms with Crippen molar-refractivity contribution in [1.29, 1.82) is 0 Å². The van der Waals surface area contributed by atoms with Crippen LogP contribution >= 0.6 is 0 Å². The zero-order valence-corrected chi connectivity index (χ0v) is 11.0. The first kappa shape index (κ1) is 13.9. The highest BCUT2D eigenvalue weighted by Gasteiger charge is 2.18. The molecule has 2 rings (SSSR count). The molecule has 0 saturated carbocycles. The molecule has 0 aliphatic carbocycles. The number of hydrogen-bond donors (Lipinski definition) is 1. The van der Waals surface area contributed by atoms with E-state index in [0.717, 1.165) is 6.07 Å². The molecule has 2 aromatic rings. The largest absolute Gasteiger partial charge is 0.493 e. The van der Waals surface area contributed by atoms with Crippen molar-refractivity contribution in [2.24, 2.45) is 0 Å². The van der Waals surface area contributed by atoms with Crippen molar-refractivity contribution in [3.8, 4) is 22.6 Å². The van der Waals surface area contributed by atoms with Gasteiger partial charge >= 0.3 is 5.97 Å². The zero-order valence-electron chi connectivity index (χ0n) is 11.0. The fraction of sp³-hybridized carbons (Fsp3) is 0.133. The maximum atomic E-state index is 13.2. The lowest BCUT2D eigenvalue weighted by molar-refractivity contribution is 0.0697. The van der Waals surface area contributed by atoms with Gasteiger partial charge in [-0.3, -0.25) is 0 Å². The molecule has 20 heavy (non-hydrogen) atoms. The molecule has 4 nitrogen and oxygen atoms in total. The molecule has 0 spiro atoms. The second kappa shape index (κ2) is 5.61. The van der Waals surface area contributed by atoms with E-state index in [2.05, 4.69) is 0 Å². The van der Waals surface area contributed by atoms with Crippen LogP contribution < -0.4 is 9.47 Å². The Hall–Kier alpha value is -2.56. The Morgan fingerprint density at radius 3 is 2.45 bits per heavy atom. The minimum absolute atomic E-state index is 0.128. The molecule has 0 heterocycles. The van der Waals surface area contributed by atoms with Crippen LogP contribution in [0.15, 0.2) is 36.4 Å². The smallest absolute Gasteiger partial charge is 0.336 e. The number of carboxylic acid groups (broad SMARTS) is 1. The van der Waals surface area contributed by atoms with Crippen molar-refractivity contribution in [3.63, 3.8) is 0 Å². The molecule has 0 unspecified atom stereocenters. The van der Waals surface area contributed by atoms with E-state index in [0.29, 0.717) is 22.6 Å². The summed E-state index contributed by atoms with van der Waals surface area (Å²) in [7, 11) is 2.95. The molecule has 0 aliphatic heterocycles. The van der Waals surface area contributed by atoms with Crippen molar-refractivity contribution in [1.82, 2.24) is 0 Å². The monoisotopic (exact) mass is 276 g/mol. The Bertz CT molecular complexity index is 652. The van der Waals surface area contributed by atoms with Crippen LogP contribution in [-0.2, 0) is 0 Å². The first-order chi connectivity index (χ1) is 9.58. The lowest BCUT2D eigenvalue weighted by Crippen LogP contribution is -2.02. The van der Waals surface area contributed by atoms with E-state index in [4.69, 9.17) is 9.47 Å². The topological polar surface area (TPSA) is 55.8 Å². The van der Waals surface area contributed by atoms with E-state index in [-0.39, 0.29) is 5.56 Å². The van der Waals surface area contributed by atoms with Gasteiger partial charge in [-0.05, 0) is 18.2 Å². The lowest BCUT2D eigenvalue weighted by atomic mass is 9.98. The van der Waals surface area contributed by atoms with Gasteiger partial charge in [-0.25, -0.2) is 9.18 Å². The summed E-state index contributed by atoms with van der Waals surface area (Å²) >= 11 is 0. The van der Waals surface area contributed by atoms with Crippen LogP contribution in [0.4, 0.5) is 4.39 Å². The fourth-order valence-electron chi connectivity index (χ4n) is 2.03. The molecular formula is C15H13FO4. The highest BCUT2D eigenvalue weighted by atomic mass is 19.1. The van der Waals surface area contributed by atoms with Gasteiger partial charge in [0, 0.05) is 11.1 Å². The van der Waals surface area contributed by atoms with Gasteiger partial charge in [0.1, 0.15) is 5.82 Å². The lowest BCUT2D eigenvalue weighted by Gasteiger charge is -2.14. The molecule has 0 atom stereocenters. The van der Waals surface area contributed by atoms with Gasteiger partial charge in [0.25, 0.3) is 0 Å². The van der Waals surface area contributed by atoms with Gasteiger partial charge in [-0.1, -0.05) is 18.2 Å². The third-order valence-corrected chi connectivity index (χ3v) is 2.91. The second-order valence-electron chi connectivity index (χ2n) is 4.04. The highest BCUT2D eigenvalue weighted by molar-refractivity contribution is 5.97. The molecule has 0 aromatic heterocycles. The minimum atomic E-state index is -1.20. The normalized spacial score (nSPS) is 10.2. The van der Waals surface area contributed by atoms with Crippen LogP contribution in [0.3, 0.4) is 0 Å². The predicted octanol–water partition coefficient (Wildman–Crippen LogP) is 3.21. The van der Waals surface area contributed by atoms with E-state index in [1.807, 2.05) is 0 Å². The first-order valence-electron chi connectivity index (χ1n) is 5.82. The molecule has 0 radical (unpaired) electrons. The van der Waals surface area contributed by atoms with E-state index in [9.17, 15) is 14.3 Å². The number of halogens is 1. The van der Waals surface area contributed by atoms with Crippen molar-refractivity contribution in [3.05, 3.63) is 47.8 Å². The minimum Gasteiger partial charge on any atom is -0.493 e. The van der Waals surface area contributed by atoms with Crippen molar-refractivity contribution in [2.45, 2.75) is 0 Å². The van der Waals surface area contributed by atoms with E-state index >= 15 is 0 Å². The van der Waals surface area contributed by atoms with Crippen LogP contribution in [0.5, 0.6) is 11.5 Å². The summed E-state index contributed by atoms with van der Waals surface area (Å²) in [5.41, 5.74) is 0.774. The van der Waals surface area contributed by atoms with Crippen LogP contribution in [0, 0.1) is 5.82 Å². The Balaban J connectivity index is 2.71. The van der Waals surface area contributed by atoms with Gasteiger partial charge in [-0.2, -0.15) is 0 Å². The van der Waals surface area contributed by atoms with Gasteiger partial charge in [0.05, 0.1) is 19.8 Å². The Kier molecular flexibility index (Phi) is 3.89. The molecule has 2 aromatic carbocycles. The van der Waals surface area contributed by atoms with Gasteiger partial charge in [0.15, 0.2) is 11.5 Å². The highest BCUT2D eigenvalue weighted by Crippen LogP contribution is 2.39. The zero-order chi connectivity index (χ0) is 14.7. The Morgan fingerprint density at radius 1 is 1.10 bits per heavy atom. The van der Waals surface area contributed by atoms with Crippen molar-refractivity contribution < 1.29 is 23.8 Å². The number of hydrogen-bond acceptors (Lipinski definition) is 3. The van der Waals surface area contributed by atoms with Crippen LogP contribution in [-0.4, -0.2) is 25.3 Å². The quantitative estimate of drug-likeness (QED) is 0.931. The Morgan fingerprint density at radius 2 is 1.85 bits per heavy atom. The average Bonchev–Trinajstić information content (AvgIpc) is 2.46. The third kappa shape index (κ3) is 2.42. The van der Waals surface area contributed by atoms with E-state index in [1.165, 1.54) is 26.4 Å². The summed E-state index contributed by atoms with van der Waals surface area (Å²) in [5, 5.41) is 9.20. The third-order valence-electron chi connectivity index (χ3n) is 2.91. The number of carbonyl (C=O) groups is 1. The molecular weight excluding hydrogens is 263 g/mol. The van der Waals surface area contributed by atoms with Crippen LogP contribution in [0.25, 0.3) is 11.1 Å². The van der Waals surface area contributed by atoms with E-state index in [1.54, 1.807) is 18.2 Å². The summed E-state index contributed by atoms with van der Waals surface area (Å²) < 4.78 is 23.7. The molecule has 0 saturated heterocycles. The molecule has 104 valence electrons. The number of para-hydroxylation sites is 1. The first-order valence-corrected chi connectivity index (χ1v) is 5.82. The van der Waals surface area contributed by atoms with E-state index < -0.39 is 11.8 Å². The second-order valence-corrected chi connectivity index (χ2v) is 4.04. The van der Waals surface area contributed by atoms with Gasteiger partial charge in [0.2, 0.25) is 0 Å². The summed E-state index contributed by atoms with van der Waals surface area (Å²) in [5.74, 6) is -0.924. The molecule has 0 aliphatic rings. The fourth-order valence-corrected chi connectivity index (χ4v) is 2.03. The molecule has 5 heteroatoms. The number of methoxy groups -OCH3 is 2. The summed E-state index contributed by atoms with van der Waals surface area (Å²) in [6.07, 6.45) is 0. The average molecular weight is 276 g/mol. The summed E-state index contributed by atoms with van der Waals surface area (Å²) in [6, 6.07) is 8.71.